The van der Waals surface area contributed by atoms with Gasteiger partial charge >= 0.3 is 0 Å². The normalized spacial score (nSPS) is 24.4. The van der Waals surface area contributed by atoms with Gasteiger partial charge in [0.2, 0.25) is 17.6 Å². The molecule has 1 aromatic heterocycles. The number of rotatable bonds is 6. The van der Waals surface area contributed by atoms with Crippen molar-refractivity contribution in [1.29, 1.82) is 0 Å². The van der Waals surface area contributed by atoms with Crippen LogP contribution in [0.1, 0.15) is 30.7 Å². The molecule has 0 unspecified atom stereocenters. The number of fused-ring (bicyclic) bond motifs is 1. The predicted octanol–water partition coefficient (Wildman–Crippen LogP) is 2.23. The molecule has 3 heterocycles. The smallest absolute Gasteiger partial charge is 0.226 e. The molecule has 0 aliphatic carbocycles. The van der Waals surface area contributed by atoms with Crippen molar-refractivity contribution in [1.82, 2.24) is 15.0 Å². The monoisotopic (exact) mass is 385 g/mol. The largest absolute Gasteiger partial charge is 0.396 e. The molecule has 2 aromatic rings. The van der Waals surface area contributed by atoms with E-state index in [4.69, 9.17) is 9.26 Å². The molecule has 0 radical (unpaired) electrons. The summed E-state index contributed by atoms with van der Waals surface area (Å²) >= 11 is 0. The fourth-order valence-corrected chi connectivity index (χ4v) is 4.35. The van der Waals surface area contributed by atoms with Crippen LogP contribution in [0.4, 0.5) is 0 Å². The molecule has 1 N–H and O–H groups in total. The molecule has 0 spiro atoms. The van der Waals surface area contributed by atoms with Gasteiger partial charge in [-0.1, -0.05) is 29.4 Å². The van der Waals surface area contributed by atoms with Crippen molar-refractivity contribution in [3.63, 3.8) is 0 Å². The van der Waals surface area contributed by atoms with E-state index in [0.29, 0.717) is 50.0 Å². The predicted molar refractivity (Wildman–Crippen MR) is 102 cm³/mol. The molecule has 0 saturated carbocycles. The average Bonchev–Trinajstić information content (AvgIpc) is 3.33. The van der Waals surface area contributed by atoms with Crippen LogP contribution in [0.2, 0.25) is 0 Å². The molecule has 2 saturated heterocycles. The Kier molecular flexibility index (Phi) is 5.46. The molecular formula is C21H27N3O4. The summed E-state index contributed by atoms with van der Waals surface area (Å²) in [7, 11) is 0. The van der Waals surface area contributed by atoms with Crippen molar-refractivity contribution in [2.75, 3.05) is 32.9 Å². The SMILES string of the molecule is Cc1ccccc1-c1noc(CCCC(=O)N2C[C@@H]3CCOC[C@]3(CO)C2)n1. The van der Waals surface area contributed by atoms with E-state index in [0.717, 1.165) is 30.7 Å². The van der Waals surface area contributed by atoms with Crippen LogP contribution in [-0.4, -0.2) is 59.0 Å². The molecule has 2 aliphatic heterocycles. The Hall–Kier alpha value is -2.25. The minimum Gasteiger partial charge on any atom is -0.396 e. The first kappa shape index (κ1) is 19.1. The number of carbonyl (C=O) groups excluding carboxylic acids is 1. The second-order valence-corrected chi connectivity index (χ2v) is 8.01. The zero-order valence-electron chi connectivity index (χ0n) is 16.3. The summed E-state index contributed by atoms with van der Waals surface area (Å²) < 4.78 is 10.9. The summed E-state index contributed by atoms with van der Waals surface area (Å²) in [6.07, 6.45) is 2.60. The van der Waals surface area contributed by atoms with Gasteiger partial charge in [-0.25, -0.2) is 0 Å². The number of likely N-dealkylation sites (tertiary alicyclic amines) is 1. The third-order valence-corrected chi connectivity index (χ3v) is 6.12. The van der Waals surface area contributed by atoms with Gasteiger partial charge in [-0.2, -0.15) is 4.98 Å². The number of nitrogens with zero attached hydrogens (tertiary/aromatic N) is 3. The topological polar surface area (TPSA) is 88.7 Å². The molecule has 7 heteroatoms. The number of benzene rings is 1. The highest BCUT2D eigenvalue weighted by Gasteiger charge is 2.49. The maximum Gasteiger partial charge on any atom is 0.226 e. The highest BCUT2D eigenvalue weighted by atomic mass is 16.5. The van der Waals surface area contributed by atoms with Crippen LogP contribution in [0.3, 0.4) is 0 Å². The quantitative estimate of drug-likeness (QED) is 0.820. The Morgan fingerprint density at radius 1 is 1.39 bits per heavy atom. The van der Waals surface area contributed by atoms with Crippen LogP contribution in [0.5, 0.6) is 0 Å². The highest BCUT2D eigenvalue weighted by Crippen LogP contribution is 2.41. The Morgan fingerprint density at radius 3 is 3.04 bits per heavy atom. The third kappa shape index (κ3) is 3.69. The van der Waals surface area contributed by atoms with Crippen LogP contribution in [0, 0.1) is 18.3 Å². The first-order valence-corrected chi connectivity index (χ1v) is 9.96. The van der Waals surface area contributed by atoms with Gasteiger partial charge in [-0.15, -0.1) is 0 Å². The second-order valence-electron chi connectivity index (χ2n) is 8.01. The molecule has 2 aliphatic rings. The van der Waals surface area contributed by atoms with E-state index in [9.17, 15) is 9.90 Å². The summed E-state index contributed by atoms with van der Waals surface area (Å²) in [4.78, 5) is 19.0. The molecule has 2 atom stereocenters. The number of hydrogen-bond acceptors (Lipinski definition) is 6. The van der Waals surface area contributed by atoms with Crippen LogP contribution in [0.25, 0.3) is 11.4 Å². The minimum absolute atomic E-state index is 0.0745. The van der Waals surface area contributed by atoms with Crippen molar-refractivity contribution in [3.05, 3.63) is 35.7 Å². The molecule has 28 heavy (non-hydrogen) atoms. The Bertz CT molecular complexity index is 837. The van der Waals surface area contributed by atoms with Gasteiger partial charge in [0.15, 0.2) is 0 Å². The van der Waals surface area contributed by atoms with E-state index in [1.165, 1.54) is 0 Å². The maximum absolute atomic E-state index is 12.6. The van der Waals surface area contributed by atoms with Crippen LogP contribution >= 0.6 is 0 Å². The number of carbonyl (C=O) groups is 1. The van der Waals surface area contributed by atoms with E-state index in [1.807, 2.05) is 36.1 Å². The van der Waals surface area contributed by atoms with E-state index in [1.54, 1.807) is 0 Å². The maximum atomic E-state index is 12.6. The summed E-state index contributed by atoms with van der Waals surface area (Å²) in [6, 6.07) is 7.92. The number of aromatic nitrogens is 2. The van der Waals surface area contributed by atoms with E-state index < -0.39 is 0 Å². The van der Waals surface area contributed by atoms with Crippen LogP contribution < -0.4 is 0 Å². The van der Waals surface area contributed by atoms with Crippen molar-refractivity contribution in [2.24, 2.45) is 11.3 Å². The Labute approximate surface area is 164 Å². The number of aliphatic hydroxyl groups excluding tert-OH is 1. The van der Waals surface area contributed by atoms with Gasteiger partial charge in [0.1, 0.15) is 0 Å². The zero-order valence-corrected chi connectivity index (χ0v) is 16.3. The molecule has 0 bridgehead atoms. The summed E-state index contributed by atoms with van der Waals surface area (Å²) in [5, 5.41) is 13.9. The summed E-state index contributed by atoms with van der Waals surface area (Å²) in [6.45, 7) is 4.66. The van der Waals surface area contributed by atoms with Crippen molar-refractivity contribution in [2.45, 2.75) is 32.6 Å². The molecule has 7 nitrogen and oxygen atoms in total. The van der Waals surface area contributed by atoms with Crippen molar-refractivity contribution in [3.8, 4) is 11.4 Å². The molecule has 1 amide bonds. The highest BCUT2D eigenvalue weighted by molar-refractivity contribution is 5.76. The molecule has 150 valence electrons. The third-order valence-electron chi connectivity index (χ3n) is 6.12. The Morgan fingerprint density at radius 2 is 2.25 bits per heavy atom. The minimum atomic E-state index is -0.275. The molecule has 4 rings (SSSR count). The van der Waals surface area contributed by atoms with Gasteiger partial charge in [0.05, 0.1) is 13.2 Å². The average molecular weight is 385 g/mol. The van der Waals surface area contributed by atoms with Crippen molar-refractivity contribution >= 4 is 5.91 Å². The first-order chi connectivity index (χ1) is 13.6. The number of hydrogen-bond donors (Lipinski definition) is 1. The molecular weight excluding hydrogens is 358 g/mol. The number of ether oxygens (including phenoxy) is 1. The summed E-state index contributed by atoms with van der Waals surface area (Å²) in [5.74, 6) is 1.61. The number of aryl methyl sites for hydroxylation is 2. The Balaban J connectivity index is 1.30. The lowest BCUT2D eigenvalue weighted by atomic mass is 9.76. The van der Waals surface area contributed by atoms with E-state index in [-0.39, 0.29) is 17.9 Å². The van der Waals surface area contributed by atoms with Crippen LogP contribution in [0.15, 0.2) is 28.8 Å². The number of amides is 1. The second kappa shape index (κ2) is 8.01. The number of aliphatic hydroxyl groups is 1. The fraction of sp³-hybridized carbons (Fsp3) is 0.571. The van der Waals surface area contributed by atoms with E-state index in [2.05, 4.69) is 10.1 Å². The van der Waals surface area contributed by atoms with Gasteiger partial charge in [-0.05, 0) is 31.2 Å². The van der Waals surface area contributed by atoms with Crippen LogP contribution in [-0.2, 0) is 16.0 Å². The van der Waals surface area contributed by atoms with E-state index >= 15 is 0 Å². The van der Waals surface area contributed by atoms with Gasteiger partial charge in [-0.3, -0.25) is 4.79 Å². The molecule has 2 fully saturated rings. The zero-order chi connectivity index (χ0) is 19.6. The van der Waals surface area contributed by atoms with Gasteiger partial charge in [0, 0.05) is 43.5 Å². The standard InChI is InChI=1S/C21H27N3O4/c1-15-5-2-3-6-17(15)20-22-18(28-23-20)7-4-8-19(26)24-11-16-9-10-27-14-21(16,12-24)13-25/h2-3,5-6,16,25H,4,7-14H2,1H3/t16-,21+/m0/s1. The van der Waals surface area contributed by atoms with Gasteiger partial charge < -0.3 is 19.3 Å². The lowest BCUT2D eigenvalue weighted by Gasteiger charge is -2.36. The summed E-state index contributed by atoms with van der Waals surface area (Å²) in [5.41, 5.74) is 1.79. The lowest BCUT2D eigenvalue weighted by Crippen LogP contribution is -2.43. The fourth-order valence-electron chi connectivity index (χ4n) is 4.35. The first-order valence-electron chi connectivity index (χ1n) is 9.96. The van der Waals surface area contributed by atoms with Gasteiger partial charge in [0.25, 0.3) is 0 Å². The van der Waals surface area contributed by atoms with Crippen molar-refractivity contribution < 1.29 is 19.2 Å². The lowest BCUT2D eigenvalue weighted by molar-refractivity contribution is -0.131. The molecule has 1 aromatic carbocycles.